The fourth-order valence-electron chi connectivity index (χ4n) is 10.8. The Balaban J connectivity index is 1.02. The van der Waals surface area contributed by atoms with E-state index in [-0.39, 0.29) is 110 Å². The van der Waals surface area contributed by atoms with Crippen molar-refractivity contribution in [3.63, 3.8) is 0 Å². The van der Waals surface area contributed by atoms with Crippen LogP contribution in [0.2, 0.25) is 0 Å². The van der Waals surface area contributed by atoms with Crippen LogP contribution in [0.4, 0.5) is 0 Å². The number of rotatable bonds is 3. The molecule has 10 rings (SSSR count). The summed E-state index contributed by atoms with van der Waals surface area (Å²) in [6, 6.07) is 0. The third-order valence-corrected chi connectivity index (χ3v) is 13.8. The zero-order valence-electron chi connectivity index (χ0n) is 31.3. The molecule has 0 aromatic carbocycles. The van der Waals surface area contributed by atoms with Crippen LogP contribution in [0.5, 0.6) is 0 Å². The zero-order chi connectivity index (χ0) is 36.1. The number of fused-ring (bicyclic) bond motifs is 2. The van der Waals surface area contributed by atoms with Crippen LogP contribution < -0.4 is 5.73 Å². The summed E-state index contributed by atoms with van der Waals surface area (Å²) in [5.41, 5.74) is 8.08. The van der Waals surface area contributed by atoms with Gasteiger partial charge in [0.1, 0.15) is 36.3 Å². The molecule has 10 heterocycles. The number of ether oxygens (including phenoxy) is 8. The van der Waals surface area contributed by atoms with Gasteiger partial charge in [0, 0.05) is 45.4 Å². The van der Waals surface area contributed by atoms with Crippen LogP contribution in [0.3, 0.4) is 0 Å². The molecule has 10 aliphatic rings. The summed E-state index contributed by atoms with van der Waals surface area (Å²) in [5.74, 6) is 0.545. The molecule has 11 heteroatoms. The molecule has 3 N–H and O–H groups in total. The minimum Gasteiger partial charge on any atom is -0.392 e. The van der Waals surface area contributed by atoms with Crippen LogP contribution >= 0.6 is 0 Å². The van der Waals surface area contributed by atoms with Crippen LogP contribution in [0.25, 0.3) is 0 Å². The number of aliphatic hydroxyl groups is 1. The number of carbonyl (C=O) groups excluding carboxylic acids is 1. The lowest BCUT2D eigenvalue weighted by molar-refractivity contribution is -0.267. The Labute approximate surface area is 309 Å². The molecule has 0 aromatic heterocycles. The molecule has 10 fully saturated rings. The third kappa shape index (κ3) is 7.75. The normalized spacial score (nSPS) is 49.4. The number of carbonyl (C=O) groups is 1. The number of aliphatic hydroxyl groups excluding tert-OH is 1. The first kappa shape index (κ1) is 37.7. The van der Waals surface area contributed by atoms with Crippen molar-refractivity contribution in [1.82, 2.24) is 0 Å². The average molecular weight is 730 g/mol. The van der Waals surface area contributed by atoms with Gasteiger partial charge >= 0.3 is 0 Å². The van der Waals surface area contributed by atoms with Gasteiger partial charge in [-0.3, -0.25) is 4.79 Å². The minimum atomic E-state index is -0.651. The molecule has 292 valence electrons. The maximum atomic E-state index is 14.0. The molecule has 52 heavy (non-hydrogen) atoms. The van der Waals surface area contributed by atoms with Crippen LogP contribution in [0.15, 0.2) is 24.3 Å². The Morgan fingerprint density at radius 1 is 0.712 bits per heavy atom. The molecule has 4 unspecified atom stereocenters. The number of hydrogen-bond acceptors (Lipinski definition) is 11. The maximum absolute atomic E-state index is 14.0. The molecule has 0 amide bonds. The Morgan fingerprint density at radius 2 is 1.44 bits per heavy atom. The Hall–Kier alpha value is -1.25. The van der Waals surface area contributed by atoms with Gasteiger partial charge in [0.2, 0.25) is 0 Å². The summed E-state index contributed by atoms with van der Waals surface area (Å²) in [7, 11) is 0. The molecule has 18 atom stereocenters. The topological polar surface area (TPSA) is 137 Å². The van der Waals surface area contributed by atoms with E-state index in [9.17, 15) is 9.90 Å². The van der Waals surface area contributed by atoms with Crippen LogP contribution in [-0.4, -0.2) is 122 Å². The molecule has 11 bridgehead atoms. The van der Waals surface area contributed by atoms with E-state index in [1.165, 1.54) is 5.57 Å². The van der Waals surface area contributed by atoms with Crippen molar-refractivity contribution in [2.45, 2.75) is 189 Å². The summed E-state index contributed by atoms with van der Waals surface area (Å²) in [6.07, 6.45) is 7.12. The van der Waals surface area contributed by atoms with Crippen LogP contribution in [-0.2, 0) is 42.7 Å². The number of hydrogen-bond donors (Lipinski definition) is 2. The third-order valence-electron chi connectivity index (χ3n) is 13.8. The molecule has 0 aliphatic carbocycles. The lowest BCUT2D eigenvalue weighted by Gasteiger charge is -2.48. The van der Waals surface area contributed by atoms with E-state index >= 15 is 0 Å². The number of nitrogens with two attached hydrogens (primary N) is 1. The van der Waals surface area contributed by atoms with E-state index < -0.39 is 6.10 Å². The molecule has 0 aromatic rings. The molecule has 0 saturated carbocycles. The Morgan fingerprint density at radius 3 is 2.27 bits per heavy atom. The smallest absolute Gasteiger partial charge is 0.135 e. The fraction of sp³-hybridized carbons (Fsp3) is 0.878. The van der Waals surface area contributed by atoms with Gasteiger partial charge in [-0.2, -0.15) is 0 Å². The monoisotopic (exact) mass is 729 g/mol. The van der Waals surface area contributed by atoms with Crippen molar-refractivity contribution in [3.05, 3.63) is 24.3 Å². The highest BCUT2D eigenvalue weighted by molar-refractivity contribution is 5.79. The van der Waals surface area contributed by atoms with Gasteiger partial charge in [-0.25, -0.2) is 0 Å². The van der Waals surface area contributed by atoms with Crippen molar-refractivity contribution in [3.8, 4) is 0 Å². The highest BCUT2D eigenvalue weighted by Crippen LogP contribution is 2.46. The van der Waals surface area contributed by atoms with E-state index in [0.29, 0.717) is 44.8 Å². The highest BCUT2D eigenvalue weighted by atomic mass is 16.7. The van der Waals surface area contributed by atoms with Crippen LogP contribution in [0.1, 0.15) is 97.3 Å². The van der Waals surface area contributed by atoms with E-state index in [2.05, 4.69) is 27.0 Å². The summed E-state index contributed by atoms with van der Waals surface area (Å²) >= 11 is 0. The van der Waals surface area contributed by atoms with Gasteiger partial charge in [0.25, 0.3) is 0 Å². The Kier molecular flexibility index (Phi) is 11.6. The molecular weight excluding hydrogens is 666 g/mol. The van der Waals surface area contributed by atoms with E-state index in [1.807, 2.05) is 0 Å². The minimum absolute atomic E-state index is 0.0164. The van der Waals surface area contributed by atoms with Gasteiger partial charge in [0.05, 0.1) is 61.0 Å². The van der Waals surface area contributed by atoms with E-state index in [0.717, 1.165) is 63.4 Å². The van der Waals surface area contributed by atoms with Crippen molar-refractivity contribution in [2.24, 2.45) is 23.5 Å². The van der Waals surface area contributed by atoms with Crippen LogP contribution in [0, 0.1) is 17.8 Å². The van der Waals surface area contributed by atoms with Crippen molar-refractivity contribution in [2.75, 3.05) is 19.8 Å². The van der Waals surface area contributed by atoms with Gasteiger partial charge in [-0.05, 0) is 86.7 Å². The molecule has 0 spiro atoms. The highest BCUT2D eigenvalue weighted by Gasteiger charge is 2.60. The van der Waals surface area contributed by atoms with Gasteiger partial charge in [0.15, 0.2) is 0 Å². The lowest BCUT2D eigenvalue weighted by atomic mass is 9.78. The van der Waals surface area contributed by atoms with E-state index in [4.69, 9.17) is 43.6 Å². The van der Waals surface area contributed by atoms with Gasteiger partial charge in [-0.1, -0.05) is 27.0 Å². The summed E-state index contributed by atoms with van der Waals surface area (Å²) in [5, 5.41) is 10.5. The first-order chi connectivity index (χ1) is 25.1. The average Bonchev–Trinajstić information content (AvgIpc) is 3.67. The molecule has 11 nitrogen and oxygen atoms in total. The van der Waals surface area contributed by atoms with Crippen molar-refractivity contribution >= 4 is 5.78 Å². The maximum Gasteiger partial charge on any atom is 0.135 e. The molecule has 10 aliphatic heterocycles. The Bertz CT molecular complexity index is 1300. The first-order valence-electron chi connectivity index (χ1n) is 20.6. The predicted octanol–water partition coefficient (Wildman–Crippen LogP) is 4.35. The van der Waals surface area contributed by atoms with E-state index in [1.54, 1.807) is 0 Å². The first-order valence-corrected chi connectivity index (χ1v) is 20.6. The summed E-state index contributed by atoms with van der Waals surface area (Å²) < 4.78 is 53.1. The summed E-state index contributed by atoms with van der Waals surface area (Å²) in [6.45, 7) is 14.7. The fourth-order valence-corrected chi connectivity index (χ4v) is 10.8. The molecule has 10 saturated heterocycles. The second-order valence-corrected chi connectivity index (χ2v) is 17.4. The predicted molar refractivity (Wildman–Crippen MR) is 192 cm³/mol. The standard InChI is InChI=1S/C41H63NO10/c1-21-14-28-7-9-31-22(2)15-27(47-31)6-5-12-45-37-33-11-13-46-39-38-32(51-40(37)41(39)52-33)10-8-29(49-38)16-25(43)17-30-24(4)34(18-26(44)20-42)50-36(30)19-35(48-28)23(21)3/h21,24,26-41,44H,2-3,5-20,42H2,1,4H3/t21-,24-,26+,27+,28+,29?,30-,31?,32+,33+,34?,35?,36+,37+,38+,39+,40+,41+/m1/s1. The SMILES string of the molecule is C=C1C[C@@H]2CCCO[C@@H]3[C@@H]4O[C@H]5CCC(CC(=O)C[C@H]6[C@H](CC7O[C@@H](CCC1O2)C[C@@H](C)C7=C)OC(C[C@H](O)CN)[C@@H]6C)O[C@@H]5[C@@H]1OCC[C@@H]3O[C@H]41. The second kappa shape index (κ2) is 16.1. The van der Waals surface area contributed by atoms with Crippen molar-refractivity contribution in [1.29, 1.82) is 0 Å². The van der Waals surface area contributed by atoms with Gasteiger partial charge in [-0.15, -0.1) is 0 Å². The quantitative estimate of drug-likeness (QED) is 0.402. The molecule has 0 radical (unpaired) electrons. The summed E-state index contributed by atoms with van der Waals surface area (Å²) in [4.78, 5) is 14.0. The zero-order valence-corrected chi connectivity index (χ0v) is 31.3. The lowest BCUT2D eigenvalue weighted by Crippen LogP contribution is -2.62. The largest absolute Gasteiger partial charge is 0.392 e. The van der Waals surface area contributed by atoms with Crippen molar-refractivity contribution < 1.29 is 47.8 Å². The number of Topliss-reactive ketones (excluding diaryl/α,β-unsaturated/α-hetero) is 1. The molecular formula is C41H63NO10. The van der Waals surface area contributed by atoms with Gasteiger partial charge < -0.3 is 48.7 Å². The second-order valence-electron chi connectivity index (χ2n) is 17.4. The number of ketones is 1.